The largest absolute Gasteiger partial charge is 0.336 e. The predicted molar refractivity (Wildman–Crippen MR) is 102 cm³/mol. The van der Waals surface area contributed by atoms with Gasteiger partial charge < -0.3 is 10.6 Å². The van der Waals surface area contributed by atoms with E-state index in [0.717, 1.165) is 30.9 Å². The molecule has 2 amide bonds. The molecule has 0 bridgehead atoms. The van der Waals surface area contributed by atoms with Crippen molar-refractivity contribution in [1.29, 1.82) is 0 Å². The zero-order valence-corrected chi connectivity index (χ0v) is 15.6. The molecule has 1 aliphatic rings. The monoisotopic (exact) mass is 356 g/mol. The molecule has 7 nitrogen and oxygen atoms in total. The fourth-order valence-electron chi connectivity index (χ4n) is 3.46. The average molecular weight is 356 g/mol. The van der Waals surface area contributed by atoms with E-state index in [1.54, 1.807) is 17.1 Å². The third-order valence-corrected chi connectivity index (χ3v) is 4.64. The van der Waals surface area contributed by atoms with E-state index in [9.17, 15) is 4.79 Å². The number of hydrogen-bond donors (Lipinski definition) is 2. The lowest BCUT2D eigenvalue weighted by Gasteiger charge is -2.36. The second kappa shape index (κ2) is 8.80. The highest BCUT2D eigenvalue weighted by Crippen LogP contribution is 2.18. The smallest absolute Gasteiger partial charge is 0.319 e. The number of carbonyl (C=O) groups excluding carboxylic acids is 1. The highest BCUT2D eigenvalue weighted by atomic mass is 16.2. The number of nitrogens with zero attached hydrogens (tertiary/aromatic N) is 4. The summed E-state index contributed by atoms with van der Waals surface area (Å²) in [5, 5.41) is 13.7. The summed E-state index contributed by atoms with van der Waals surface area (Å²) in [5.41, 5.74) is 1.59. The molecule has 140 valence electrons. The van der Waals surface area contributed by atoms with E-state index in [4.69, 9.17) is 0 Å². The van der Waals surface area contributed by atoms with Crippen LogP contribution in [0.4, 0.5) is 10.5 Å². The van der Waals surface area contributed by atoms with Gasteiger partial charge in [-0.1, -0.05) is 31.5 Å². The van der Waals surface area contributed by atoms with Crippen molar-refractivity contribution in [2.24, 2.45) is 5.92 Å². The third-order valence-electron chi connectivity index (χ3n) is 4.64. The fourth-order valence-corrected chi connectivity index (χ4v) is 3.46. The van der Waals surface area contributed by atoms with Crippen LogP contribution in [0, 0.1) is 5.92 Å². The molecule has 3 rings (SSSR count). The first-order valence-electron chi connectivity index (χ1n) is 9.37. The highest BCUT2D eigenvalue weighted by Gasteiger charge is 2.23. The molecular weight excluding hydrogens is 328 g/mol. The topological polar surface area (TPSA) is 75.1 Å². The Hall–Kier alpha value is -2.41. The number of amides is 2. The number of anilines is 1. The number of aromatic nitrogens is 3. The van der Waals surface area contributed by atoms with Crippen LogP contribution in [0.2, 0.25) is 0 Å². The van der Waals surface area contributed by atoms with Crippen LogP contribution < -0.4 is 10.6 Å². The van der Waals surface area contributed by atoms with Crippen molar-refractivity contribution >= 4 is 11.7 Å². The van der Waals surface area contributed by atoms with Crippen LogP contribution in [0.5, 0.6) is 0 Å². The summed E-state index contributed by atoms with van der Waals surface area (Å²) in [6.45, 7) is 7.39. The first-order valence-corrected chi connectivity index (χ1v) is 9.37. The van der Waals surface area contributed by atoms with Crippen LogP contribution in [0.3, 0.4) is 0 Å². The number of likely N-dealkylation sites (tertiary alicyclic amines) is 1. The fraction of sp³-hybridized carbons (Fsp3) is 0.526. The SMILES string of the molecule is CC(C)CN1CCCC[C@H]1CNC(=O)Nc1cccc(-n2ccnn2)c1. The van der Waals surface area contributed by atoms with Crippen LogP contribution in [0.1, 0.15) is 33.1 Å². The van der Waals surface area contributed by atoms with Crippen molar-refractivity contribution in [3.05, 3.63) is 36.7 Å². The second-order valence-corrected chi connectivity index (χ2v) is 7.27. The second-order valence-electron chi connectivity index (χ2n) is 7.27. The molecule has 2 N–H and O–H groups in total. The molecule has 0 aliphatic carbocycles. The van der Waals surface area contributed by atoms with Gasteiger partial charge in [-0.05, 0) is 43.5 Å². The molecule has 2 heterocycles. The summed E-state index contributed by atoms with van der Waals surface area (Å²) in [7, 11) is 0. The molecule has 1 aromatic heterocycles. The molecule has 0 spiro atoms. The maximum atomic E-state index is 12.3. The molecule has 7 heteroatoms. The Labute approximate surface area is 154 Å². The molecule has 2 aromatic rings. The average Bonchev–Trinajstić information content (AvgIpc) is 3.15. The van der Waals surface area contributed by atoms with Crippen molar-refractivity contribution in [3.8, 4) is 5.69 Å². The number of urea groups is 1. The van der Waals surface area contributed by atoms with Gasteiger partial charge in [-0.2, -0.15) is 0 Å². The normalized spacial score (nSPS) is 18.0. The number of rotatable bonds is 6. The number of carbonyl (C=O) groups is 1. The van der Waals surface area contributed by atoms with Gasteiger partial charge in [-0.3, -0.25) is 4.90 Å². The Bertz CT molecular complexity index is 700. The molecule has 0 saturated carbocycles. The Morgan fingerprint density at radius 3 is 3.00 bits per heavy atom. The Morgan fingerprint density at radius 1 is 1.35 bits per heavy atom. The first-order chi connectivity index (χ1) is 12.6. The lowest BCUT2D eigenvalue weighted by atomic mass is 10.0. The zero-order chi connectivity index (χ0) is 18.4. The van der Waals surface area contributed by atoms with Crippen LogP contribution in [0.25, 0.3) is 5.69 Å². The van der Waals surface area contributed by atoms with Crippen LogP contribution in [0.15, 0.2) is 36.7 Å². The highest BCUT2D eigenvalue weighted by molar-refractivity contribution is 5.89. The number of hydrogen-bond acceptors (Lipinski definition) is 4. The van der Waals surface area contributed by atoms with E-state index in [-0.39, 0.29) is 6.03 Å². The molecule has 1 aliphatic heterocycles. The van der Waals surface area contributed by atoms with Gasteiger partial charge in [-0.25, -0.2) is 9.48 Å². The maximum Gasteiger partial charge on any atom is 0.319 e. The molecular formula is C19H28N6O. The Balaban J connectivity index is 1.53. The van der Waals surface area contributed by atoms with E-state index in [0.29, 0.717) is 18.5 Å². The molecule has 0 radical (unpaired) electrons. The lowest BCUT2D eigenvalue weighted by molar-refractivity contribution is 0.131. The molecule has 1 fully saturated rings. The van der Waals surface area contributed by atoms with E-state index in [2.05, 4.69) is 39.7 Å². The maximum absolute atomic E-state index is 12.3. The molecule has 1 aromatic carbocycles. The van der Waals surface area contributed by atoms with Gasteiger partial charge in [0, 0.05) is 24.8 Å². The van der Waals surface area contributed by atoms with Crippen molar-refractivity contribution in [2.45, 2.75) is 39.2 Å². The zero-order valence-electron chi connectivity index (χ0n) is 15.6. The summed E-state index contributed by atoms with van der Waals surface area (Å²) in [6.07, 6.45) is 7.03. The molecule has 26 heavy (non-hydrogen) atoms. The quantitative estimate of drug-likeness (QED) is 0.834. The minimum Gasteiger partial charge on any atom is -0.336 e. The number of benzene rings is 1. The number of nitrogens with one attached hydrogen (secondary N) is 2. The van der Waals surface area contributed by atoms with Crippen LogP contribution >= 0.6 is 0 Å². The summed E-state index contributed by atoms with van der Waals surface area (Å²) < 4.78 is 1.66. The van der Waals surface area contributed by atoms with Crippen molar-refractivity contribution in [1.82, 2.24) is 25.2 Å². The molecule has 0 unspecified atom stereocenters. The van der Waals surface area contributed by atoms with E-state index < -0.39 is 0 Å². The first kappa shape index (κ1) is 18.4. The van der Waals surface area contributed by atoms with Crippen molar-refractivity contribution < 1.29 is 4.79 Å². The minimum absolute atomic E-state index is 0.171. The van der Waals surface area contributed by atoms with Gasteiger partial charge in [0.25, 0.3) is 0 Å². The van der Waals surface area contributed by atoms with Crippen molar-refractivity contribution in [3.63, 3.8) is 0 Å². The van der Waals surface area contributed by atoms with Gasteiger partial charge in [0.1, 0.15) is 0 Å². The number of piperidine rings is 1. The van der Waals surface area contributed by atoms with Gasteiger partial charge >= 0.3 is 6.03 Å². The molecule has 1 saturated heterocycles. The van der Waals surface area contributed by atoms with Gasteiger partial charge in [0.2, 0.25) is 0 Å². The van der Waals surface area contributed by atoms with Gasteiger partial charge in [0.15, 0.2) is 0 Å². The van der Waals surface area contributed by atoms with E-state index >= 15 is 0 Å². The summed E-state index contributed by atoms with van der Waals surface area (Å²) in [6, 6.07) is 7.81. The van der Waals surface area contributed by atoms with Gasteiger partial charge in [-0.15, -0.1) is 5.10 Å². The summed E-state index contributed by atoms with van der Waals surface area (Å²) >= 11 is 0. The summed E-state index contributed by atoms with van der Waals surface area (Å²) in [4.78, 5) is 14.8. The van der Waals surface area contributed by atoms with Crippen molar-refractivity contribution in [2.75, 3.05) is 25.0 Å². The predicted octanol–water partition coefficient (Wildman–Crippen LogP) is 2.90. The standard InChI is InChI=1S/C19H28N6O/c1-15(2)14-24-10-4-3-7-18(24)13-20-19(26)22-16-6-5-8-17(12-16)25-11-9-21-23-25/h5-6,8-9,11-12,15,18H,3-4,7,10,13-14H2,1-2H3,(H2,20,22,26)/t18-/m0/s1. The minimum atomic E-state index is -0.171. The van der Waals surface area contributed by atoms with E-state index in [1.165, 1.54) is 12.8 Å². The van der Waals surface area contributed by atoms with Crippen LogP contribution in [-0.4, -0.2) is 51.6 Å². The third kappa shape index (κ3) is 5.05. The van der Waals surface area contributed by atoms with Gasteiger partial charge in [0.05, 0.1) is 18.1 Å². The molecule has 1 atom stereocenters. The summed E-state index contributed by atoms with van der Waals surface area (Å²) in [5.74, 6) is 0.643. The lowest BCUT2D eigenvalue weighted by Crippen LogP contribution is -2.48. The Morgan fingerprint density at radius 2 is 2.23 bits per heavy atom. The van der Waals surface area contributed by atoms with E-state index in [1.807, 2.05) is 24.3 Å². The Kier molecular flexibility index (Phi) is 6.22. The van der Waals surface area contributed by atoms with Crippen LogP contribution in [-0.2, 0) is 0 Å².